The molecule has 6 nitrogen and oxygen atoms in total. The van der Waals surface area contributed by atoms with Gasteiger partial charge in [-0.3, -0.25) is 14.5 Å². The summed E-state index contributed by atoms with van der Waals surface area (Å²) < 4.78 is 6.31. The Balaban J connectivity index is 1.68. The van der Waals surface area contributed by atoms with E-state index in [1.165, 1.54) is 31.2 Å². The first kappa shape index (κ1) is 21.6. The number of carbonyl (C=O) groups excluding carboxylic acids is 2. The van der Waals surface area contributed by atoms with Crippen LogP contribution < -0.4 is 10.5 Å². The molecular weight excluding hydrogens is 366 g/mol. The van der Waals surface area contributed by atoms with E-state index >= 15 is 0 Å². The minimum absolute atomic E-state index is 0.00297. The molecule has 3 atom stereocenters. The summed E-state index contributed by atoms with van der Waals surface area (Å²) in [5.74, 6) is 0.853. The van der Waals surface area contributed by atoms with Crippen LogP contribution in [0.25, 0.3) is 0 Å². The van der Waals surface area contributed by atoms with Crippen LogP contribution in [0, 0.1) is 0 Å². The first-order valence-corrected chi connectivity index (χ1v) is 11.1. The van der Waals surface area contributed by atoms with Crippen molar-refractivity contribution in [2.45, 2.75) is 70.4 Å². The van der Waals surface area contributed by atoms with Crippen molar-refractivity contribution in [1.29, 1.82) is 0 Å². The fourth-order valence-corrected chi connectivity index (χ4v) is 4.62. The van der Waals surface area contributed by atoms with Crippen LogP contribution in [0.1, 0.15) is 63.9 Å². The molecule has 0 spiro atoms. The van der Waals surface area contributed by atoms with Gasteiger partial charge >= 0.3 is 0 Å². The molecule has 2 amide bonds. The number of piperazine rings is 1. The Morgan fingerprint density at radius 3 is 2.66 bits per heavy atom. The summed E-state index contributed by atoms with van der Waals surface area (Å²) >= 11 is 0. The number of carbonyl (C=O) groups is 2. The molecule has 2 N–H and O–H groups in total. The second-order valence-electron chi connectivity index (χ2n) is 8.27. The number of amides is 2. The first-order chi connectivity index (χ1) is 14.0. The van der Waals surface area contributed by atoms with Gasteiger partial charge in [-0.15, -0.1) is 0 Å². The van der Waals surface area contributed by atoms with E-state index in [1.807, 2.05) is 13.0 Å². The average molecular weight is 402 g/mol. The van der Waals surface area contributed by atoms with E-state index in [0.717, 1.165) is 25.3 Å². The van der Waals surface area contributed by atoms with Crippen LogP contribution >= 0.6 is 0 Å². The molecule has 1 aromatic carbocycles. The molecule has 29 heavy (non-hydrogen) atoms. The normalized spacial score (nSPS) is 24.2. The van der Waals surface area contributed by atoms with Gasteiger partial charge in [0, 0.05) is 44.1 Å². The molecule has 0 aliphatic carbocycles. The average Bonchev–Trinajstić information content (AvgIpc) is 3.08. The van der Waals surface area contributed by atoms with Crippen molar-refractivity contribution in [1.82, 2.24) is 9.80 Å². The summed E-state index contributed by atoms with van der Waals surface area (Å²) in [5.41, 5.74) is 6.89. The summed E-state index contributed by atoms with van der Waals surface area (Å²) in [7, 11) is 0. The summed E-state index contributed by atoms with van der Waals surface area (Å²) in [6.07, 6.45) is 6.52. The van der Waals surface area contributed by atoms with Gasteiger partial charge in [0.05, 0.1) is 0 Å². The monoisotopic (exact) mass is 401 g/mol. The van der Waals surface area contributed by atoms with E-state index in [9.17, 15) is 9.59 Å². The minimum Gasteiger partial charge on any atom is -0.489 e. The summed E-state index contributed by atoms with van der Waals surface area (Å²) in [4.78, 5) is 28.1. The van der Waals surface area contributed by atoms with Crippen LogP contribution in [-0.2, 0) is 9.59 Å². The maximum absolute atomic E-state index is 12.2. The minimum atomic E-state index is -0.545. The van der Waals surface area contributed by atoms with Crippen molar-refractivity contribution < 1.29 is 14.3 Å². The number of para-hydroxylation sites is 1. The number of ether oxygens (including phenoxy) is 1. The van der Waals surface area contributed by atoms with Gasteiger partial charge < -0.3 is 15.4 Å². The topological polar surface area (TPSA) is 75.9 Å². The van der Waals surface area contributed by atoms with E-state index < -0.39 is 11.9 Å². The number of rotatable bonds is 9. The van der Waals surface area contributed by atoms with Crippen LogP contribution in [0.2, 0.25) is 0 Å². The fourth-order valence-electron chi connectivity index (χ4n) is 4.62. The lowest BCUT2D eigenvalue weighted by atomic mass is 9.91. The van der Waals surface area contributed by atoms with Crippen LogP contribution in [0.4, 0.5) is 0 Å². The Morgan fingerprint density at radius 1 is 1.14 bits per heavy atom. The van der Waals surface area contributed by atoms with Gasteiger partial charge in [0.2, 0.25) is 11.8 Å². The Kier molecular flexibility index (Phi) is 7.53. The lowest BCUT2D eigenvalue weighted by Crippen LogP contribution is -2.60. The van der Waals surface area contributed by atoms with E-state index in [2.05, 4.69) is 30.0 Å². The smallest absolute Gasteiger partial charge is 0.241 e. The number of hydrogen-bond donors (Lipinski definition) is 1. The molecule has 3 unspecified atom stereocenters. The van der Waals surface area contributed by atoms with Crippen LogP contribution in [0.3, 0.4) is 0 Å². The zero-order valence-corrected chi connectivity index (χ0v) is 17.8. The van der Waals surface area contributed by atoms with Gasteiger partial charge in [0.25, 0.3) is 0 Å². The van der Waals surface area contributed by atoms with Crippen LogP contribution in [0.15, 0.2) is 24.3 Å². The number of fused-ring (bicyclic) bond motifs is 1. The summed E-state index contributed by atoms with van der Waals surface area (Å²) in [5, 5.41) is 0. The molecule has 1 saturated heterocycles. The van der Waals surface area contributed by atoms with Gasteiger partial charge in [0.15, 0.2) is 0 Å². The highest BCUT2D eigenvalue weighted by atomic mass is 16.5. The molecule has 0 aromatic heterocycles. The Bertz CT molecular complexity index is 708. The van der Waals surface area contributed by atoms with Crippen molar-refractivity contribution >= 4 is 11.8 Å². The van der Waals surface area contributed by atoms with Gasteiger partial charge in [-0.25, -0.2) is 0 Å². The molecule has 1 fully saturated rings. The number of hydrogen-bond acceptors (Lipinski definition) is 4. The van der Waals surface area contributed by atoms with Crippen molar-refractivity contribution in [3.05, 3.63) is 29.8 Å². The highest BCUT2D eigenvalue weighted by Gasteiger charge is 2.38. The standard InChI is InChI=1S/C23H35N3O3/c1-3-5-6-7-11-21-18(17-10-8-9-12-20(17)29-21)15-25-13-14-26(22(27)4-2)19(16-25)23(24)28/h8-10,12,18-19,21H,3-7,11,13-16H2,1-2H3,(H2,24,28). The Morgan fingerprint density at radius 2 is 1.93 bits per heavy atom. The highest BCUT2D eigenvalue weighted by Crippen LogP contribution is 2.40. The number of benzene rings is 1. The molecule has 1 aromatic rings. The number of unbranched alkanes of at least 4 members (excludes halogenated alkanes) is 3. The van der Waals surface area contributed by atoms with E-state index in [1.54, 1.807) is 4.90 Å². The maximum Gasteiger partial charge on any atom is 0.241 e. The van der Waals surface area contributed by atoms with Crippen molar-refractivity contribution in [3.63, 3.8) is 0 Å². The van der Waals surface area contributed by atoms with Gasteiger partial charge in [-0.05, 0) is 18.9 Å². The molecule has 0 radical (unpaired) electrons. The molecule has 2 heterocycles. The lowest BCUT2D eigenvalue weighted by molar-refractivity contribution is -0.142. The van der Waals surface area contributed by atoms with Gasteiger partial charge in [-0.1, -0.05) is 51.3 Å². The molecule has 2 aliphatic heterocycles. The number of primary amides is 1. The molecule has 0 saturated carbocycles. The third-order valence-corrected chi connectivity index (χ3v) is 6.26. The molecule has 3 rings (SSSR count). The summed E-state index contributed by atoms with van der Waals surface area (Å²) in [6, 6.07) is 7.76. The summed E-state index contributed by atoms with van der Waals surface area (Å²) in [6.45, 7) is 6.69. The predicted molar refractivity (Wildman–Crippen MR) is 114 cm³/mol. The zero-order valence-electron chi connectivity index (χ0n) is 17.8. The number of nitrogens with zero attached hydrogens (tertiary/aromatic N) is 2. The fraction of sp³-hybridized carbons (Fsp3) is 0.652. The quantitative estimate of drug-likeness (QED) is 0.646. The maximum atomic E-state index is 12.2. The Hall–Kier alpha value is -2.08. The number of nitrogens with two attached hydrogens (primary N) is 1. The molecule has 2 aliphatic rings. The first-order valence-electron chi connectivity index (χ1n) is 11.1. The van der Waals surface area contributed by atoms with Gasteiger partial charge in [-0.2, -0.15) is 0 Å². The molecule has 160 valence electrons. The lowest BCUT2D eigenvalue weighted by Gasteiger charge is -2.41. The van der Waals surface area contributed by atoms with Crippen molar-refractivity contribution in [2.24, 2.45) is 5.73 Å². The third-order valence-electron chi connectivity index (χ3n) is 6.26. The zero-order chi connectivity index (χ0) is 20.8. The van der Waals surface area contributed by atoms with Crippen LogP contribution in [-0.4, -0.2) is 59.9 Å². The molecule has 6 heteroatoms. The van der Waals surface area contributed by atoms with E-state index in [4.69, 9.17) is 10.5 Å². The second kappa shape index (κ2) is 10.1. The molecular formula is C23H35N3O3. The van der Waals surface area contributed by atoms with E-state index in [-0.39, 0.29) is 17.9 Å². The van der Waals surface area contributed by atoms with Crippen molar-refractivity contribution in [2.75, 3.05) is 26.2 Å². The van der Waals surface area contributed by atoms with Crippen LogP contribution in [0.5, 0.6) is 5.75 Å². The largest absolute Gasteiger partial charge is 0.489 e. The molecule has 0 bridgehead atoms. The van der Waals surface area contributed by atoms with Crippen molar-refractivity contribution in [3.8, 4) is 5.75 Å². The highest BCUT2D eigenvalue weighted by molar-refractivity contribution is 5.87. The Labute approximate surface area is 174 Å². The predicted octanol–water partition coefficient (Wildman–Crippen LogP) is 2.91. The van der Waals surface area contributed by atoms with E-state index in [0.29, 0.717) is 19.5 Å². The third kappa shape index (κ3) is 5.10. The SMILES string of the molecule is CCCCCCC1Oc2ccccc2C1CN1CCN(C(=O)CC)C(C(N)=O)C1. The second-order valence-corrected chi connectivity index (χ2v) is 8.27. The van der Waals surface area contributed by atoms with Gasteiger partial charge in [0.1, 0.15) is 17.9 Å².